The molecule has 78 valence electrons. The number of esters is 1. The van der Waals surface area contributed by atoms with Crippen LogP contribution in [0.5, 0.6) is 5.75 Å². The third-order valence-corrected chi connectivity index (χ3v) is 4.07. The zero-order valence-corrected chi connectivity index (χ0v) is 10.5. The van der Waals surface area contributed by atoms with Gasteiger partial charge >= 0.3 is 5.97 Å². The Balaban J connectivity index is 2.61. The van der Waals surface area contributed by atoms with Crippen molar-refractivity contribution in [2.24, 2.45) is 0 Å². The van der Waals surface area contributed by atoms with E-state index in [1.165, 1.54) is 6.92 Å². The normalized spacial score (nSPS) is 10.5. The van der Waals surface area contributed by atoms with Crippen LogP contribution in [-0.2, 0) is 10.1 Å². The molecule has 0 unspecified atom stereocenters. The van der Waals surface area contributed by atoms with Gasteiger partial charge in [0.25, 0.3) is 0 Å². The fraction of sp³-hybridized carbons (Fsp3) is 0.182. The second-order valence-electron chi connectivity index (χ2n) is 3.08. The lowest BCUT2D eigenvalue weighted by molar-refractivity contribution is -0.131. The van der Waals surface area contributed by atoms with Crippen LogP contribution in [0.25, 0.3) is 10.1 Å². The van der Waals surface area contributed by atoms with Gasteiger partial charge in [-0.15, -0.1) is 11.3 Å². The third-order valence-electron chi connectivity index (χ3n) is 1.99. The number of alkyl halides is 1. The van der Waals surface area contributed by atoms with Crippen molar-refractivity contribution in [2.45, 2.75) is 12.3 Å². The van der Waals surface area contributed by atoms with Crippen LogP contribution in [0.3, 0.4) is 0 Å². The minimum atomic E-state index is -0.277. The fourth-order valence-corrected chi connectivity index (χ4v) is 3.00. The zero-order chi connectivity index (χ0) is 10.8. The predicted molar refractivity (Wildman–Crippen MR) is 65.8 cm³/mol. The smallest absolute Gasteiger partial charge is 0.308 e. The number of rotatable bonds is 2. The second-order valence-corrected chi connectivity index (χ2v) is 4.78. The van der Waals surface area contributed by atoms with E-state index >= 15 is 0 Å². The summed E-state index contributed by atoms with van der Waals surface area (Å²) in [5.74, 6) is 0.417. The number of benzene rings is 1. The Kier molecular flexibility index (Phi) is 3.07. The summed E-state index contributed by atoms with van der Waals surface area (Å²) in [5.41, 5.74) is 0. The molecular formula is C11H9BrO2S. The first kappa shape index (κ1) is 10.6. The van der Waals surface area contributed by atoms with E-state index in [9.17, 15) is 4.79 Å². The summed E-state index contributed by atoms with van der Waals surface area (Å²) < 4.78 is 6.37. The molecule has 1 heterocycles. The number of fused-ring (bicyclic) bond motifs is 1. The van der Waals surface area contributed by atoms with Gasteiger partial charge in [-0.2, -0.15) is 0 Å². The van der Waals surface area contributed by atoms with E-state index < -0.39 is 0 Å². The maximum absolute atomic E-state index is 11.0. The van der Waals surface area contributed by atoms with Gasteiger partial charge in [-0.3, -0.25) is 4.79 Å². The first-order valence-electron chi connectivity index (χ1n) is 4.47. The predicted octanol–water partition coefficient (Wildman–Crippen LogP) is 3.72. The van der Waals surface area contributed by atoms with Crippen molar-refractivity contribution in [3.05, 3.63) is 29.1 Å². The molecule has 0 aliphatic heterocycles. The molecule has 0 spiro atoms. The highest BCUT2D eigenvalue weighted by Crippen LogP contribution is 2.38. The highest BCUT2D eigenvalue weighted by atomic mass is 79.9. The van der Waals surface area contributed by atoms with E-state index in [0.717, 1.165) is 15.0 Å². The van der Waals surface area contributed by atoms with Crippen molar-refractivity contribution in [1.82, 2.24) is 0 Å². The van der Waals surface area contributed by atoms with E-state index in [-0.39, 0.29) is 5.97 Å². The van der Waals surface area contributed by atoms with Gasteiger partial charge in [0.1, 0.15) is 0 Å². The van der Waals surface area contributed by atoms with Gasteiger partial charge in [-0.1, -0.05) is 28.1 Å². The van der Waals surface area contributed by atoms with Crippen LogP contribution in [0.4, 0.5) is 0 Å². The van der Waals surface area contributed by atoms with E-state index in [4.69, 9.17) is 4.74 Å². The molecule has 0 amide bonds. The molecule has 2 nitrogen and oxygen atoms in total. The van der Waals surface area contributed by atoms with Gasteiger partial charge < -0.3 is 4.74 Å². The summed E-state index contributed by atoms with van der Waals surface area (Å²) >= 11 is 5.04. The molecule has 0 saturated carbocycles. The molecule has 15 heavy (non-hydrogen) atoms. The highest BCUT2D eigenvalue weighted by Gasteiger charge is 2.13. The molecule has 0 aliphatic carbocycles. The Morgan fingerprint density at radius 2 is 2.20 bits per heavy atom. The average molecular weight is 285 g/mol. The van der Waals surface area contributed by atoms with Gasteiger partial charge in [0, 0.05) is 22.3 Å². The van der Waals surface area contributed by atoms with Crippen molar-refractivity contribution < 1.29 is 9.53 Å². The molecule has 0 N–H and O–H groups in total. The minimum Gasteiger partial charge on any atom is -0.425 e. The summed E-state index contributed by atoms with van der Waals surface area (Å²) in [4.78, 5) is 12.0. The monoisotopic (exact) mass is 284 g/mol. The Bertz CT molecular complexity index is 504. The van der Waals surface area contributed by atoms with Crippen LogP contribution >= 0.6 is 27.3 Å². The topological polar surface area (TPSA) is 26.3 Å². The lowest BCUT2D eigenvalue weighted by atomic mass is 10.2. The Labute approximate surface area is 100.0 Å². The number of hydrogen-bond acceptors (Lipinski definition) is 3. The number of halogens is 1. The number of carbonyl (C=O) groups is 1. The molecule has 2 aromatic rings. The third kappa shape index (κ3) is 2.06. The molecule has 0 radical (unpaired) electrons. The van der Waals surface area contributed by atoms with Crippen molar-refractivity contribution >= 4 is 43.3 Å². The molecule has 0 fully saturated rings. The second kappa shape index (κ2) is 4.33. The standard InChI is InChI=1S/C11H9BrO2S/c1-7(13)14-11-8-4-2-3-5-9(8)15-10(11)6-12/h2-5H,6H2,1H3. The van der Waals surface area contributed by atoms with Crippen molar-refractivity contribution in [3.63, 3.8) is 0 Å². The van der Waals surface area contributed by atoms with Crippen LogP contribution in [0.1, 0.15) is 11.8 Å². The molecule has 1 aromatic carbocycles. The molecule has 4 heteroatoms. The van der Waals surface area contributed by atoms with E-state index in [1.54, 1.807) is 11.3 Å². The lowest BCUT2D eigenvalue weighted by Crippen LogP contribution is -2.01. The number of carbonyl (C=O) groups excluding carboxylic acids is 1. The first-order chi connectivity index (χ1) is 7.22. The molecule has 0 aliphatic rings. The quantitative estimate of drug-likeness (QED) is 0.621. The minimum absolute atomic E-state index is 0.277. The van der Waals surface area contributed by atoms with Crippen molar-refractivity contribution in [1.29, 1.82) is 0 Å². The summed E-state index contributed by atoms with van der Waals surface area (Å²) in [6.45, 7) is 1.42. The summed E-state index contributed by atoms with van der Waals surface area (Å²) in [6, 6.07) is 7.92. The van der Waals surface area contributed by atoms with E-state index in [1.807, 2.05) is 24.3 Å². The van der Waals surface area contributed by atoms with Crippen molar-refractivity contribution in [2.75, 3.05) is 0 Å². The Hall–Kier alpha value is -0.870. The number of hydrogen-bond donors (Lipinski definition) is 0. The van der Waals surface area contributed by atoms with Gasteiger partial charge in [-0.25, -0.2) is 0 Å². The van der Waals surface area contributed by atoms with Crippen LogP contribution in [0, 0.1) is 0 Å². The molecule has 0 bridgehead atoms. The van der Waals surface area contributed by atoms with Gasteiger partial charge in [-0.05, 0) is 12.1 Å². The fourth-order valence-electron chi connectivity index (χ4n) is 1.42. The first-order valence-corrected chi connectivity index (χ1v) is 6.41. The number of ether oxygens (including phenoxy) is 1. The number of thiophene rings is 1. The van der Waals surface area contributed by atoms with Crippen LogP contribution < -0.4 is 4.74 Å². The molecule has 0 saturated heterocycles. The SMILES string of the molecule is CC(=O)Oc1c(CBr)sc2ccccc12. The molecule has 1 aromatic heterocycles. The van der Waals surface area contributed by atoms with Gasteiger partial charge in [0.15, 0.2) is 5.75 Å². The molecule has 0 atom stereocenters. The van der Waals surface area contributed by atoms with E-state index in [2.05, 4.69) is 15.9 Å². The average Bonchev–Trinajstić information content (AvgIpc) is 2.56. The summed E-state index contributed by atoms with van der Waals surface area (Å²) in [6.07, 6.45) is 0. The summed E-state index contributed by atoms with van der Waals surface area (Å²) in [7, 11) is 0. The Morgan fingerprint density at radius 3 is 2.87 bits per heavy atom. The van der Waals surface area contributed by atoms with Gasteiger partial charge in [0.05, 0.1) is 4.88 Å². The lowest BCUT2D eigenvalue weighted by Gasteiger charge is -2.01. The maximum atomic E-state index is 11.0. The van der Waals surface area contributed by atoms with Gasteiger partial charge in [0.2, 0.25) is 0 Å². The molecule has 2 rings (SSSR count). The van der Waals surface area contributed by atoms with Crippen LogP contribution in [0.15, 0.2) is 24.3 Å². The van der Waals surface area contributed by atoms with E-state index in [0.29, 0.717) is 11.1 Å². The highest BCUT2D eigenvalue weighted by molar-refractivity contribution is 9.08. The zero-order valence-electron chi connectivity index (χ0n) is 8.12. The summed E-state index contributed by atoms with van der Waals surface area (Å²) in [5, 5.41) is 1.71. The largest absolute Gasteiger partial charge is 0.425 e. The van der Waals surface area contributed by atoms with Crippen molar-refractivity contribution in [3.8, 4) is 5.75 Å². The van der Waals surface area contributed by atoms with Crippen LogP contribution in [-0.4, -0.2) is 5.97 Å². The maximum Gasteiger partial charge on any atom is 0.308 e. The molecular weight excluding hydrogens is 276 g/mol. The Morgan fingerprint density at radius 1 is 1.47 bits per heavy atom. The van der Waals surface area contributed by atoms with Crippen LogP contribution in [0.2, 0.25) is 0 Å².